The number of rotatable bonds is 3. The van der Waals surface area contributed by atoms with E-state index in [1.54, 1.807) is 0 Å². The fraction of sp³-hybridized carbons (Fsp3) is 0.289. The number of aliphatic hydroxyl groups is 1. The van der Waals surface area contributed by atoms with Gasteiger partial charge < -0.3 is 13.9 Å². The Morgan fingerprint density at radius 2 is 1.51 bits per heavy atom. The quantitative estimate of drug-likeness (QED) is 0.109. The smallest absolute Gasteiger partial charge is 0.216 e. The molecule has 0 bridgehead atoms. The van der Waals surface area contributed by atoms with Crippen LogP contribution >= 0.6 is 0 Å². The second-order valence-corrected chi connectivity index (χ2v) is 13.4. The van der Waals surface area contributed by atoms with Crippen LogP contribution in [0, 0.1) is 13.0 Å². The number of hydrogen-bond donors (Lipinski definition) is 1. The number of pyridine rings is 2. The third kappa shape index (κ3) is 7.43. The van der Waals surface area contributed by atoms with Crippen molar-refractivity contribution in [3.8, 4) is 22.6 Å². The van der Waals surface area contributed by atoms with Crippen molar-refractivity contribution >= 4 is 39.0 Å². The number of benzene rings is 2. The molecule has 0 fully saturated rings. The van der Waals surface area contributed by atoms with Crippen LogP contribution in [0.2, 0.25) is 0 Å². The molecule has 0 atom stereocenters. The Morgan fingerprint density at radius 3 is 2.09 bits per heavy atom. The summed E-state index contributed by atoms with van der Waals surface area (Å²) in [5, 5.41) is 10.4. The van der Waals surface area contributed by atoms with Crippen molar-refractivity contribution in [2.24, 2.45) is 0 Å². The molecule has 2 aromatic carbocycles. The van der Waals surface area contributed by atoms with Crippen LogP contribution in [0.4, 0.5) is 0 Å². The van der Waals surface area contributed by atoms with E-state index in [2.05, 4.69) is 76.9 Å². The monoisotopic (exact) mass is 780 g/mol. The van der Waals surface area contributed by atoms with E-state index >= 15 is 0 Å². The molecule has 0 aliphatic carbocycles. The zero-order valence-electron chi connectivity index (χ0n) is 27.3. The van der Waals surface area contributed by atoms with Gasteiger partial charge >= 0.3 is 0 Å². The van der Waals surface area contributed by atoms with Crippen molar-refractivity contribution in [1.82, 2.24) is 9.97 Å². The molecule has 0 aliphatic rings. The molecule has 4 aromatic heterocycles. The maximum atomic E-state index is 10.0. The number of aromatic nitrogens is 2. The van der Waals surface area contributed by atoms with Crippen LogP contribution in [0.3, 0.4) is 0 Å². The summed E-state index contributed by atoms with van der Waals surface area (Å²) in [7, 11) is 0. The van der Waals surface area contributed by atoms with Crippen LogP contribution in [0.1, 0.15) is 72.2 Å². The summed E-state index contributed by atoms with van der Waals surface area (Å²) in [5.74, 6) is 0.759. The van der Waals surface area contributed by atoms with Crippen LogP contribution in [0.25, 0.3) is 55.7 Å². The largest absolute Gasteiger partial charge is 0.512 e. The molecule has 0 amide bonds. The summed E-state index contributed by atoms with van der Waals surface area (Å²) >= 11 is 0. The molecule has 0 unspecified atom stereocenters. The predicted octanol–water partition coefficient (Wildman–Crippen LogP) is 10.2. The molecular formula is C38H39IrN2O4-. The molecular weight excluding hydrogens is 741 g/mol. The summed E-state index contributed by atoms with van der Waals surface area (Å²) in [6, 6.07) is 24.1. The normalized spacial score (nSPS) is 12.2. The summed E-state index contributed by atoms with van der Waals surface area (Å²) < 4.78 is 12.5. The zero-order chi connectivity index (χ0) is 32.0. The Hall–Kier alpha value is -4.06. The molecule has 1 radical (unpaired) electrons. The molecule has 0 saturated heterocycles. The van der Waals surface area contributed by atoms with Crippen molar-refractivity contribution in [2.45, 2.75) is 73.1 Å². The van der Waals surface area contributed by atoms with Crippen LogP contribution in [-0.4, -0.2) is 20.9 Å². The van der Waals surface area contributed by atoms with Crippen LogP contribution in [0.15, 0.2) is 81.3 Å². The van der Waals surface area contributed by atoms with Crippen LogP contribution in [0.5, 0.6) is 0 Å². The summed E-state index contributed by atoms with van der Waals surface area (Å²) in [5.41, 5.74) is 9.20. The van der Waals surface area contributed by atoms with Gasteiger partial charge in [0, 0.05) is 48.9 Å². The second kappa shape index (κ2) is 12.7. The van der Waals surface area contributed by atoms with Gasteiger partial charge in [-0.15, -0.1) is 18.2 Å². The van der Waals surface area contributed by atoms with E-state index in [1.165, 1.54) is 31.1 Å². The SMILES string of the molecule is CC(=O)/C=C(/C)O.Cc1ccc2c(n1)oc1c(-c3ccc4oc(-c5cc(C(C)(C)C)cc(C(C)(C)C)c5)cc4n3)[c-]ccc12.[Ir]. The number of allylic oxidation sites excluding steroid dienone is 2. The Kier molecular flexibility index (Phi) is 9.58. The van der Waals surface area contributed by atoms with Crippen molar-refractivity contribution in [3.05, 3.63) is 95.4 Å². The molecule has 7 heteroatoms. The summed E-state index contributed by atoms with van der Waals surface area (Å²) in [6.45, 7) is 18.3. The minimum Gasteiger partial charge on any atom is -0.512 e. The first-order valence-electron chi connectivity index (χ1n) is 14.8. The fourth-order valence-electron chi connectivity index (χ4n) is 5.04. The maximum Gasteiger partial charge on any atom is 0.216 e. The van der Waals surface area contributed by atoms with Crippen molar-refractivity contribution in [2.75, 3.05) is 0 Å². The van der Waals surface area contributed by atoms with Gasteiger partial charge in [0.1, 0.15) is 5.76 Å². The van der Waals surface area contributed by atoms with E-state index in [0.717, 1.165) is 55.7 Å². The van der Waals surface area contributed by atoms with Gasteiger partial charge in [0.25, 0.3) is 0 Å². The van der Waals surface area contributed by atoms with Crippen molar-refractivity contribution < 1.29 is 38.8 Å². The van der Waals surface area contributed by atoms with E-state index in [9.17, 15) is 4.79 Å². The number of aryl methyl sites for hydroxylation is 1. The number of fused-ring (bicyclic) bond motifs is 4. The molecule has 6 rings (SSSR count). The van der Waals surface area contributed by atoms with E-state index in [-0.39, 0.29) is 42.5 Å². The Labute approximate surface area is 277 Å². The number of ketones is 1. The van der Waals surface area contributed by atoms with Gasteiger partial charge in [-0.3, -0.25) is 9.78 Å². The summed E-state index contributed by atoms with van der Waals surface area (Å²) in [6.07, 6.45) is 1.17. The maximum absolute atomic E-state index is 10.0. The van der Waals surface area contributed by atoms with Crippen LogP contribution < -0.4 is 0 Å². The number of carbonyl (C=O) groups excluding carboxylic acids is 1. The zero-order valence-corrected chi connectivity index (χ0v) is 29.6. The van der Waals surface area contributed by atoms with Gasteiger partial charge in [-0.2, -0.15) is 0 Å². The van der Waals surface area contributed by atoms with Gasteiger partial charge in [-0.05, 0) is 78.8 Å². The first kappa shape index (κ1) is 33.8. The molecule has 0 spiro atoms. The van der Waals surface area contributed by atoms with Crippen molar-refractivity contribution in [3.63, 3.8) is 0 Å². The molecule has 0 aliphatic heterocycles. The van der Waals surface area contributed by atoms with Crippen LogP contribution in [-0.2, 0) is 35.7 Å². The topological polar surface area (TPSA) is 89.4 Å². The van der Waals surface area contributed by atoms with E-state index in [1.807, 2.05) is 43.3 Å². The Bertz CT molecular complexity index is 2020. The number of aliphatic hydroxyl groups excluding tert-OH is 1. The number of nitrogens with zero attached hydrogens (tertiary/aromatic N) is 2. The molecule has 6 aromatic rings. The molecule has 6 nitrogen and oxygen atoms in total. The van der Waals surface area contributed by atoms with Gasteiger partial charge in [-0.25, -0.2) is 4.98 Å². The summed E-state index contributed by atoms with van der Waals surface area (Å²) in [4.78, 5) is 19.6. The Balaban J connectivity index is 0.000000519. The van der Waals surface area contributed by atoms with E-state index < -0.39 is 0 Å². The molecule has 235 valence electrons. The molecule has 4 heterocycles. The van der Waals surface area contributed by atoms with Gasteiger partial charge in [0.05, 0.1) is 16.9 Å². The standard InChI is InChI=1S/C33H31N2O2.C5H8O2.Ir/c1-19-11-12-24-23-9-8-10-25(30(23)37-31(24)34-19)26-13-14-28-27(35-26)18-29(36-28)20-15-21(32(2,3)4)17-22(16-20)33(5,6)7;1-4(6)3-5(2)7;/h8-9,11-18H,1-7H3;3,6H,1-2H3;/q-1;;/b;4-3-;. The number of furan rings is 2. The van der Waals surface area contributed by atoms with E-state index in [0.29, 0.717) is 5.71 Å². The average Bonchev–Trinajstić information content (AvgIpc) is 3.52. The number of carbonyl (C=O) groups is 1. The number of hydrogen-bond acceptors (Lipinski definition) is 6. The minimum absolute atomic E-state index is 0. The molecule has 1 N–H and O–H groups in total. The van der Waals surface area contributed by atoms with Crippen molar-refractivity contribution in [1.29, 1.82) is 0 Å². The van der Waals surface area contributed by atoms with Gasteiger partial charge in [0.15, 0.2) is 11.4 Å². The average molecular weight is 780 g/mol. The van der Waals surface area contributed by atoms with Gasteiger partial charge in [0.2, 0.25) is 5.71 Å². The molecule has 45 heavy (non-hydrogen) atoms. The fourth-order valence-corrected chi connectivity index (χ4v) is 5.04. The minimum atomic E-state index is -0.125. The first-order valence-corrected chi connectivity index (χ1v) is 14.8. The third-order valence-electron chi connectivity index (χ3n) is 7.43. The second-order valence-electron chi connectivity index (χ2n) is 13.4. The van der Waals surface area contributed by atoms with Gasteiger partial charge in [-0.1, -0.05) is 64.6 Å². The third-order valence-corrected chi connectivity index (χ3v) is 7.43. The van der Waals surface area contributed by atoms with E-state index in [4.69, 9.17) is 18.9 Å². The Morgan fingerprint density at radius 1 is 0.844 bits per heavy atom. The molecule has 0 saturated carbocycles. The first-order chi connectivity index (χ1) is 20.6. The predicted molar refractivity (Wildman–Crippen MR) is 178 cm³/mol.